The van der Waals surface area contributed by atoms with E-state index in [1.165, 1.54) is 53.3 Å². The lowest BCUT2D eigenvalue weighted by molar-refractivity contribution is 0.0460. The number of hydrogen-bond donors (Lipinski definition) is 3. The summed E-state index contributed by atoms with van der Waals surface area (Å²) in [5, 5.41) is 2.51. The molecule has 9 heterocycles. The van der Waals surface area contributed by atoms with E-state index in [-0.39, 0.29) is 102 Å². The van der Waals surface area contributed by atoms with Crippen LogP contribution in [-0.2, 0) is 33.5 Å². The molecule has 3 N–H and O–H groups in total. The molecule has 9 aromatic rings. The van der Waals surface area contributed by atoms with Crippen molar-refractivity contribution in [2.45, 2.75) is 170 Å². The number of nitrogens with one attached hydrogen (secondary N) is 3. The van der Waals surface area contributed by atoms with Crippen LogP contribution < -0.4 is 30.9 Å². The fourth-order valence-corrected chi connectivity index (χ4v) is 13.8. The van der Waals surface area contributed by atoms with E-state index in [0.717, 1.165) is 67.3 Å². The maximum absolute atomic E-state index is 13.4. The number of Topliss-reactive ketones (excluding diaryl/α,β-unsaturated/α-hetero) is 3. The van der Waals surface area contributed by atoms with Crippen molar-refractivity contribution in [3.8, 4) is 17.2 Å². The summed E-state index contributed by atoms with van der Waals surface area (Å²) in [4.78, 5) is 99.5. The molecule has 6 atom stereocenters. The fraction of sp³-hybridized carbons (Fsp3) is 0.473. The topological polar surface area (TPSA) is 259 Å². The van der Waals surface area contributed by atoms with E-state index in [0.29, 0.717) is 81.7 Å². The molecule has 0 aliphatic heterocycles. The van der Waals surface area contributed by atoms with E-state index in [1.807, 2.05) is 64.1 Å². The number of ketones is 3. The molecule has 0 amide bonds. The third kappa shape index (κ3) is 16.4. The highest BCUT2D eigenvalue weighted by Crippen LogP contribution is 2.43. The zero-order chi connectivity index (χ0) is 70.7. The van der Waals surface area contributed by atoms with Crippen molar-refractivity contribution in [1.82, 2.24) is 43.6 Å². The minimum atomic E-state index is -0.219. The first-order chi connectivity index (χ1) is 46.4. The monoisotopic (exact) mass is 1350 g/mol. The Morgan fingerprint density at radius 1 is 0.495 bits per heavy atom. The number of methoxy groups -OCH3 is 6. The number of hydrogen-bond acceptors (Lipinski definition) is 16. The van der Waals surface area contributed by atoms with Gasteiger partial charge in [0, 0.05) is 145 Å². The van der Waals surface area contributed by atoms with Crippen LogP contribution in [0.5, 0.6) is 17.2 Å². The lowest BCUT2D eigenvalue weighted by atomic mass is 10.0. The predicted octanol–water partition coefficient (Wildman–Crippen LogP) is 13.3. The van der Waals surface area contributed by atoms with Crippen LogP contribution in [0.1, 0.15) is 173 Å². The lowest BCUT2D eigenvalue weighted by Gasteiger charge is -2.26. The Morgan fingerprint density at radius 2 is 0.773 bits per heavy atom. The molecule has 2 aliphatic rings. The maximum Gasteiger partial charge on any atom is 0.255 e. The molecule has 0 spiro atoms. The van der Waals surface area contributed by atoms with E-state index in [1.54, 1.807) is 78.9 Å². The van der Waals surface area contributed by atoms with Gasteiger partial charge in [-0.3, -0.25) is 28.8 Å². The van der Waals surface area contributed by atoms with Gasteiger partial charge in [0.25, 0.3) is 16.7 Å². The van der Waals surface area contributed by atoms with Crippen LogP contribution in [0.2, 0.25) is 0 Å². The molecule has 2 aliphatic carbocycles. The average molecular weight is 1350 g/mol. The normalized spacial score (nSPS) is 14.7. The first-order valence-corrected chi connectivity index (χ1v) is 34.1. The van der Waals surface area contributed by atoms with Gasteiger partial charge in [-0.05, 0) is 181 Å². The molecule has 0 saturated heterocycles. The number of nitrogens with zero attached hydrogens (tertiary/aromatic N) is 6. The van der Waals surface area contributed by atoms with Crippen LogP contribution in [0.4, 0.5) is 3.89 Å². The molecule has 2 saturated carbocycles. The number of ether oxygens (including phenoxy) is 6. The third-order valence-corrected chi connectivity index (χ3v) is 19.0. The zero-order valence-electron chi connectivity index (χ0n) is 59.0. The highest BCUT2D eigenvalue weighted by Gasteiger charge is 2.39. The molecule has 0 aromatic carbocycles. The SMILES string of the molecule is COc1cc(C)[nH]c(=O)c1CCC(=O)c1c(C)n(C(C)C(C)OC)c2ncccc12.COc1cc(C)[nH]c(=O)c1CCC(=O)c1c(C)n(C(C)C(OC)C2CC2)c2ncccc12.COc1cc(C)[nH]c(=O)c1CCC(=O)c1c(C)n(C(C)C(OC)C2CC2)c2ncccc12.CSF. The summed E-state index contributed by atoms with van der Waals surface area (Å²) >= 11 is 0.250. The molecule has 21 nitrogen and oxygen atoms in total. The lowest BCUT2D eigenvalue weighted by Crippen LogP contribution is -2.26. The highest BCUT2D eigenvalue weighted by atomic mass is 32.2. The van der Waals surface area contributed by atoms with Gasteiger partial charge >= 0.3 is 0 Å². The van der Waals surface area contributed by atoms with Crippen molar-refractivity contribution in [2.75, 3.05) is 48.9 Å². The number of aryl methyl sites for hydroxylation is 3. The smallest absolute Gasteiger partial charge is 0.255 e. The summed E-state index contributed by atoms with van der Waals surface area (Å²) < 4.78 is 49.9. The van der Waals surface area contributed by atoms with Crippen LogP contribution in [0, 0.1) is 53.4 Å². The second-order valence-corrected chi connectivity index (χ2v) is 25.6. The molecule has 97 heavy (non-hydrogen) atoms. The Morgan fingerprint density at radius 3 is 1.02 bits per heavy atom. The van der Waals surface area contributed by atoms with Gasteiger partial charge in [0.05, 0.1) is 74.5 Å². The van der Waals surface area contributed by atoms with Crippen molar-refractivity contribution in [3.05, 3.63) is 172 Å². The minimum Gasteiger partial charge on any atom is -0.496 e. The first-order valence-electron chi connectivity index (χ1n) is 32.9. The van der Waals surface area contributed by atoms with Gasteiger partial charge in [-0.25, -0.2) is 15.0 Å². The fourth-order valence-electron chi connectivity index (χ4n) is 13.8. The van der Waals surface area contributed by atoms with E-state index in [4.69, 9.17) is 28.4 Å². The molecule has 11 rings (SSSR count). The van der Waals surface area contributed by atoms with Gasteiger partial charge in [-0.2, -0.15) is 3.89 Å². The van der Waals surface area contributed by atoms with E-state index < -0.39 is 0 Å². The highest BCUT2D eigenvalue weighted by molar-refractivity contribution is 7.93. The average Bonchev–Trinajstić information content (AvgIpc) is 1.62. The molecule has 2 fully saturated rings. The number of carbonyl (C=O) groups is 3. The van der Waals surface area contributed by atoms with Gasteiger partial charge in [0.15, 0.2) is 17.3 Å². The van der Waals surface area contributed by atoms with Crippen molar-refractivity contribution in [2.24, 2.45) is 11.8 Å². The van der Waals surface area contributed by atoms with Gasteiger partial charge in [-0.15, -0.1) is 0 Å². The Balaban J connectivity index is 0.000000182. The van der Waals surface area contributed by atoms with Crippen molar-refractivity contribution in [1.29, 1.82) is 0 Å². The summed E-state index contributed by atoms with van der Waals surface area (Å²) in [6.07, 6.45) is 13.0. The van der Waals surface area contributed by atoms with Crippen LogP contribution in [-0.4, -0.2) is 128 Å². The molecule has 0 bridgehead atoms. The minimum absolute atomic E-state index is 0.00568. The molecule has 520 valence electrons. The summed E-state index contributed by atoms with van der Waals surface area (Å²) in [5.41, 5.74) is 10.0. The van der Waals surface area contributed by atoms with Crippen LogP contribution in [0.15, 0.2) is 87.6 Å². The predicted molar refractivity (Wildman–Crippen MR) is 379 cm³/mol. The van der Waals surface area contributed by atoms with Gasteiger partial charge in [-0.1, -0.05) is 0 Å². The first kappa shape index (κ1) is 74.3. The quantitative estimate of drug-likeness (QED) is 0.0426. The third-order valence-electron chi connectivity index (χ3n) is 19.0. The number of pyridine rings is 6. The van der Waals surface area contributed by atoms with E-state index >= 15 is 0 Å². The summed E-state index contributed by atoms with van der Waals surface area (Å²) in [6.45, 7) is 19.6. The molecule has 23 heteroatoms. The van der Waals surface area contributed by atoms with Crippen LogP contribution in [0.3, 0.4) is 0 Å². The van der Waals surface area contributed by atoms with Crippen molar-refractivity contribution >= 4 is 62.6 Å². The Hall–Kier alpha value is -8.51. The Labute approximate surface area is 569 Å². The van der Waals surface area contributed by atoms with Crippen LogP contribution in [0.25, 0.3) is 33.1 Å². The molecular weight excluding hydrogens is 1260 g/mol. The summed E-state index contributed by atoms with van der Waals surface area (Å²) in [7, 11) is 9.79. The van der Waals surface area contributed by atoms with E-state index in [9.17, 15) is 32.7 Å². The number of halogens is 1. The number of aromatic amines is 3. The van der Waals surface area contributed by atoms with Gasteiger partial charge in [0.1, 0.15) is 34.2 Å². The number of rotatable bonds is 26. The van der Waals surface area contributed by atoms with Crippen molar-refractivity contribution in [3.63, 3.8) is 0 Å². The summed E-state index contributed by atoms with van der Waals surface area (Å²) in [6, 6.07) is 16.8. The number of H-pyrrole nitrogens is 3. The largest absolute Gasteiger partial charge is 0.496 e. The Kier molecular flexibility index (Phi) is 25.4. The van der Waals surface area contributed by atoms with Gasteiger partial charge in [0.2, 0.25) is 0 Å². The summed E-state index contributed by atoms with van der Waals surface area (Å²) in [5.74, 6) is 2.60. The molecule has 6 unspecified atom stereocenters. The molecule has 9 aromatic heterocycles. The number of carbonyl (C=O) groups excluding carboxylic acids is 3. The van der Waals surface area contributed by atoms with Gasteiger partial charge < -0.3 is 57.1 Å². The van der Waals surface area contributed by atoms with Crippen molar-refractivity contribution < 1.29 is 46.7 Å². The standard InChI is InChI=1S/2C25H31N3O4.C23H29N3O4.CH3FS/c2*1-14-13-21(31-4)18(25(30)27-14)10-11-20(29)22-15(2)28(24-19(22)7-6-12-26-24)16(3)23(32-5)17-8-9-17;1-13-12-20(30-6)17(23(28)25-13)9-10-19(27)21-15(3)26(14(2)16(4)29-5)22-18(21)8-7-11-24-22;1-3-2/h2*6-7,12-13,16-17,23H,8-11H2,1-5H3,(H,27,30);7-8,11-12,14,16H,9-10H2,1-6H3,(H,25,28);1H3. The maximum atomic E-state index is 13.4. The number of aromatic nitrogens is 9. The second-order valence-electron chi connectivity index (χ2n) is 25.3. The second kappa shape index (κ2) is 33.2. The zero-order valence-corrected chi connectivity index (χ0v) is 59.8. The Bertz CT molecular complexity index is 4270. The molecular formula is C74H94FN9O12S. The number of fused-ring (bicyclic) bond motifs is 3. The van der Waals surface area contributed by atoms with E-state index in [2.05, 4.69) is 64.4 Å². The van der Waals surface area contributed by atoms with Crippen LogP contribution >= 0.6 is 12.1 Å². The molecule has 0 radical (unpaired) electrons.